The van der Waals surface area contributed by atoms with E-state index in [9.17, 15) is 13.6 Å². The minimum absolute atomic E-state index is 0.306. The summed E-state index contributed by atoms with van der Waals surface area (Å²) in [7, 11) is 0. The largest absolute Gasteiger partial charge is 0.370 e. The molecule has 0 aliphatic heterocycles. The summed E-state index contributed by atoms with van der Waals surface area (Å²) in [5, 5.41) is 0. The van der Waals surface area contributed by atoms with E-state index in [-0.39, 0.29) is 5.96 Å². The summed E-state index contributed by atoms with van der Waals surface area (Å²) >= 11 is 0. The van der Waals surface area contributed by atoms with Gasteiger partial charge in [0.25, 0.3) is 5.91 Å². The molecule has 0 aromatic heterocycles. The Balaban J connectivity index is 2.14. The highest BCUT2D eigenvalue weighted by Gasteiger charge is 2.21. The van der Waals surface area contributed by atoms with Crippen molar-refractivity contribution in [3.63, 3.8) is 0 Å². The van der Waals surface area contributed by atoms with Crippen LogP contribution in [0.1, 0.15) is 39.0 Å². The first kappa shape index (κ1) is 16.8. The highest BCUT2D eigenvalue weighted by Crippen LogP contribution is 2.35. The quantitative estimate of drug-likeness (QED) is 0.651. The lowest BCUT2D eigenvalue weighted by Gasteiger charge is -2.20. The fraction of sp³-hybridized carbons (Fsp3) is 0.158. The fourth-order valence-electron chi connectivity index (χ4n) is 3.12. The molecule has 1 aliphatic carbocycles. The second kappa shape index (κ2) is 6.47. The molecule has 0 spiro atoms. The van der Waals surface area contributed by atoms with Crippen LogP contribution in [0.25, 0.3) is 5.57 Å². The van der Waals surface area contributed by atoms with Gasteiger partial charge in [-0.3, -0.25) is 4.79 Å². The molecule has 4 nitrogen and oxygen atoms in total. The van der Waals surface area contributed by atoms with Crippen LogP contribution in [-0.4, -0.2) is 11.9 Å². The summed E-state index contributed by atoms with van der Waals surface area (Å²) in [6.07, 6.45) is 3.41. The first-order valence-corrected chi connectivity index (χ1v) is 7.80. The van der Waals surface area contributed by atoms with Crippen LogP contribution in [0.2, 0.25) is 0 Å². The summed E-state index contributed by atoms with van der Waals surface area (Å²) < 4.78 is 27.8. The van der Waals surface area contributed by atoms with Gasteiger partial charge >= 0.3 is 0 Å². The van der Waals surface area contributed by atoms with Crippen molar-refractivity contribution in [3.05, 3.63) is 75.9 Å². The number of aliphatic imine (C=N–C) groups is 1. The Morgan fingerprint density at radius 3 is 2.60 bits per heavy atom. The molecule has 0 fully saturated rings. The number of rotatable bonds is 2. The average molecular weight is 341 g/mol. The maximum Gasteiger partial charge on any atom is 0.280 e. The number of carbonyl (C=O) groups excluding carboxylic acids is 1. The molecule has 0 saturated carbocycles. The molecule has 3 rings (SSSR count). The zero-order valence-corrected chi connectivity index (χ0v) is 13.6. The molecule has 2 aromatic rings. The third-order valence-corrected chi connectivity index (χ3v) is 4.16. The van der Waals surface area contributed by atoms with Crippen LogP contribution in [-0.2, 0) is 6.42 Å². The van der Waals surface area contributed by atoms with Crippen LogP contribution >= 0.6 is 0 Å². The van der Waals surface area contributed by atoms with E-state index in [2.05, 4.69) is 4.99 Å². The molecule has 25 heavy (non-hydrogen) atoms. The third kappa shape index (κ3) is 3.28. The number of hydrogen-bond acceptors (Lipinski definition) is 1. The van der Waals surface area contributed by atoms with Crippen molar-refractivity contribution < 1.29 is 13.6 Å². The number of fused-ring (bicyclic) bond motifs is 1. The Labute approximate surface area is 143 Å². The maximum absolute atomic E-state index is 14.4. The number of allylic oxidation sites excluding steroid dienone is 1. The molecule has 0 bridgehead atoms. The van der Waals surface area contributed by atoms with Gasteiger partial charge in [0.15, 0.2) is 5.96 Å². The number of hydrogen-bond donors (Lipinski definition) is 2. The number of benzene rings is 2. The van der Waals surface area contributed by atoms with Gasteiger partial charge in [-0.05, 0) is 60.2 Å². The number of carbonyl (C=O) groups is 1. The topological polar surface area (TPSA) is 81.5 Å². The van der Waals surface area contributed by atoms with Crippen LogP contribution in [0, 0.1) is 18.6 Å². The summed E-state index contributed by atoms with van der Waals surface area (Å²) in [5.41, 5.74) is 14.0. The lowest BCUT2D eigenvalue weighted by Crippen LogP contribution is -2.24. The van der Waals surface area contributed by atoms with Crippen molar-refractivity contribution in [3.8, 4) is 0 Å². The molecule has 1 aliphatic rings. The van der Waals surface area contributed by atoms with Gasteiger partial charge < -0.3 is 11.5 Å². The summed E-state index contributed by atoms with van der Waals surface area (Å²) in [5.74, 6) is -2.13. The van der Waals surface area contributed by atoms with Crippen molar-refractivity contribution in [1.29, 1.82) is 0 Å². The van der Waals surface area contributed by atoms with Crippen molar-refractivity contribution in [2.75, 3.05) is 0 Å². The van der Waals surface area contributed by atoms with E-state index in [1.54, 1.807) is 19.1 Å². The molecular weight excluding hydrogens is 324 g/mol. The number of amides is 1. The Kier molecular flexibility index (Phi) is 4.35. The Bertz CT molecular complexity index is 905. The molecule has 0 saturated heterocycles. The molecule has 4 N–H and O–H groups in total. The molecule has 0 unspecified atom stereocenters. The lowest BCUT2D eigenvalue weighted by molar-refractivity contribution is 0.100. The van der Waals surface area contributed by atoms with Gasteiger partial charge in [0, 0.05) is 17.2 Å². The SMILES string of the molecule is Cc1cc(F)cc(F)c1C1=CCCc2ccc(C(=O)N=C(N)N)cc21. The first-order chi connectivity index (χ1) is 11.9. The number of guanidine groups is 1. The predicted octanol–water partition coefficient (Wildman–Crippen LogP) is 3.06. The molecular formula is C19H17F2N3O. The minimum Gasteiger partial charge on any atom is -0.370 e. The molecule has 0 heterocycles. The number of nitrogens with two attached hydrogens (primary N) is 2. The molecule has 6 heteroatoms. The van der Waals surface area contributed by atoms with Crippen LogP contribution in [0.15, 0.2) is 41.4 Å². The fourth-order valence-corrected chi connectivity index (χ4v) is 3.12. The maximum atomic E-state index is 14.4. The van der Waals surface area contributed by atoms with Crippen LogP contribution < -0.4 is 11.5 Å². The van der Waals surface area contributed by atoms with Crippen molar-refractivity contribution >= 4 is 17.4 Å². The van der Waals surface area contributed by atoms with E-state index in [1.165, 1.54) is 6.07 Å². The van der Waals surface area contributed by atoms with E-state index in [0.29, 0.717) is 22.3 Å². The van der Waals surface area contributed by atoms with Crippen molar-refractivity contribution in [2.45, 2.75) is 19.8 Å². The minimum atomic E-state index is -0.627. The second-order valence-electron chi connectivity index (χ2n) is 5.95. The molecule has 2 aromatic carbocycles. The monoisotopic (exact) mass is 341 g/mol. The molecule has 128 valence electrons. The van der Waals surface area contributed by atoms with E-state index in [0.717, 1.165) is 30.0 Å². The van der Waals surface area contributed by atoms with Gasteiger partial charge in [-0.1, -0.05) is 12.1 Å². The molecule has 0 atom stereocenters. The van der Waals surface area contributed by atoms with Gasteiger partial charge in [0.1, 0.15) is 11.6 Å². The predicted molar refractivity (Wildman–Crippen MR) is 93.1 cm³/mol. The Morgan fingerprint density at radius 1 is 1.16 bits per heavy atom. The van der Waals surface area contributed by atoms with E-state index in [4.69, 9.17) is 11.5 Å². The zero-order chi connectivity index (χ0) is 18.1. The Hall–Kier alpha value is -3.02. The van der Waals surface area contributed by atoms with Gasteiger partial charge in [-0.25, -0.2) is 8.78 Å². The standard InChI is InChI=1S/C19H17F2N3O/c1-10-7-13(20)9-16(21)17(10)14-4-2-3-11-5-6-12(8-15(11)14)18(25)24-19(22)23/h4-9H,2-3H2,1H3,(H4,22,23,24,25). The lowest BCUT2D eigenvalue weighted by atomic mass is 9.84. The smallest absolute Gasteiger partial charge is 0.280 e. The third-order valence-electron chi connectivity index (χ3n) is 4.16. The van der Waals surface area contributed by atoms with E-state index >= 15 is 0 Å². The van der Waals surface area contributed by atoms with Crippen molar-refractivity contribution in [2.24, 2.45) is 16.5 Å². The number of halogens is 2. The highest BCUT2D eigenvalue weighted by atomic mass is 19.1. The second-order valence-corrected chi connectivity index (χ2v) is 5.95. The molecule has 0 radical (unpaired) electrons. The summed E-state index contributed by atoms with van der Waals surface area (Å²) in [6, 6.07) is 7.27. The van der Waals surface area contributed by atoms with Crippen LogP contribution in [0.3, 0.4) is 0 Å². The summed E-state index contributed by atoms with van der Waals surface area (Å²) in [4.78, 5) is 15.6. The summed E-state index contributed by atoms with van der Waals surface area (Å²) in [6.45, 7) is 1.66. The number of nitrogens with zero attached hydrogens (tertiary/aromatic N) is 1. The van der Waals surface area contributed by atoms with Crippen LogP contribution in [0.4, 0.5) is 8.78 Å². The highest BCUT2D eigenvalue weighted by molar-refractivity contribution is 6.02. The van der Waals surface area contributed by atoms with Gasteiger partial charge in [0.2, 0.25) is 0 Å². The zero-order valence-electron chi connectivity index (χ0n) is 13.6. The van der Waals surface area contributed by atoms with Gasteiger partial charge in [0.05, 0.1) is 0 Å². The van der Waals surface area contributed by atoms with Crippen LogP contribution in [0.5, 0.6) is 0 Å². The molecule has 1 amide bonds. The number of aryl methyl sites for hydroxylation is 2. The average Bonchev–Trinajstić information content (AvgIpc) is 2.53. The van der Waals surface area contributed by atoms with E-state index in [1.807, 2.05) is 12.1 Å². The van der Waals surface area contributed by atoms with Gasteiger partial charge in [-0.15, -0.1) is 0 Å². The van der Waals surface area contributed by atoms with E-state index < -0.39 is 17.5 Å². The first-order valence-electron chi connectivity index (χ1n) is 7.80. The normalized spacial score (nSPS) is 13.0. The van der Waals surface area contributed by atoms with Crippen molar-refractivity contribution in [1.82, 2.24) is 0 Å². The Morgan fingerprint density at radius 2 is 1.92 bits per heavy atom. The van der Waals surface area contributed by atoms with Gasteiger partial charge in [-0.2, -0.15) is 4.99 Å².